The van der Waals surface area contributed by atoms with E-state index in [1.54, 1.807) is 11.0 Å². The first kappa shape index (κ1) is 28.4. The van der Waals surface area contributed by atoms with Crippen LogP contribution in [0, 0.1) is 11.8 Å². The first-order valence-corrected chi connectivity index (χ1v) is 13.6. The van der Waals surface area contributed by atoms with Crippen LogP contribution in [0.1, 0.15) is 72.1 Å². The zero-order valence-corrected chi connectivity index (χ0v) is 22.2. The monoisotopic (exact) mass is 504 g/mol. The van der Waals surface area contributed by atoms with Gasteiger partial charge in [0.25, 0.3) is 0 Å². The predicted octanol–water partition coefficient (Wildman–Crippen LogP) is 3.24. The maximum atomic E-state index is 14.3. The van der Waals surface area contributed by atoms with Crippen LogP contribution in [0.3, 0.4) is 0 Å². The number of aliphatic hydroxyl groups is 1. The van der Waals surface area contributed by atoms with Gasteiger partial charge >= 0.3 is 5.97 Å². The van der Waals surface area contributed by atoms with E-state index >= 15 is 0 Å². The summed E-state index contributed by atoms with van der Waals surface area (Å²) in [5.41, 5.74) is -1.86. The Balaban J connectivity index is 2.04. The lowest BCUT2D eigenvalue weighted by molar-refractivity contribution is -0.161. The molecule has 3 aliphatic rings. The Labute approximate surface area is 215 Å². The maximum absolute atomic E-state index is 14.3. The summed E-state index contributed by atoms with van der Waals surface area (Å²) in [5.74, 6) is -2.28. The second-order valence-electron chi connectivity index (χ2n) is 10.5. The van der Waals surface area contributed by atoms with Crippen molar-refractivity contribution in [2.75, 3.05) is 26.3 Å². The number of hydrogen-bond acceptors (Lipinski definition) is 6. The van der Waals surface area contributed by atoms with E-state index < -0.39 is 35.0 Å². The molecule has 3 aliphatic heterocycles. The summed E-state index contributed by atoms with van der Waals surface area (Å²) in [4.78, 5) is 45.1. The van der Waals surface area contributed by atoms with Gasteiger partial charge in [-0.2, -0.15) is 0 Å². The van der Waals surface area contributed by atoms with E-state index in [1.807, 2.05) is 18.7 Å². The van der Waals surface area contributed by atoms with Gasteiger partial charge < -0.3 is 24.4 Å². The molecule has 1 spiro atoms. The highest BCUT2D eigenvalue weighted by Gasteiger charge is 2.79. The van der Waals surface area contributed by atoms with Gasteiger partial charge in [0.1, 0.15) is 24.2 Å². The zero-order valence-electron chi connectivity index (χ0n) is 22.2. The lowest BCUT2D eigenvalue weighted by atomic mass is 9.65. The van der Waals surface area contributed by atoms with Crippen molar-refractivity contribution in [2.45, 2.75) is 95.4 Å². The molecule has 3 heterocycles. The Hall–Kier alpha value is -2.19. The highest BCUT2D eigenvalue weighted by molar-refractivity contribution is 5.98. The Morgan fingerprint density at radius 2 is 2.00 bits per heavy atom. The molecular formula is C28H44N2O6. The summed E-state index contributed by atoms with van der Waals surface area (Å²) in [6.45, 7) is 14.5. The first-order chi connectivity index (χ1) is 17.3. The summed E-state index contributed by atoms with van der Waals surface area (Å²) in [7, 11) is 0. The number of aliphatic hydroxyl groups excluding tert-OH is 1. The van der Waals surface area contributed by atoms with E-state index in [4.69, 9.17) is 9.47 Å². The maximum Gasteiger partial charge on any atom is 0.313 e. The number of nitrogens with zero attached hydrogens (tertiary/aromatic N) is 2. The summed E-state index contributed by atoms with van der Waals surface area (Å²) in [6.07, 6.45) is 8.76. The highest BCUT2D eigenvalue weighted by Crippen LogP contribution is 2.64. The van der Waals surface area contributed by atoms with Crippen molar-refractivity contribution >= 4 is 17.8 Å². The molecule has 8 heteroatoms. The number of rotatable bonds is 15. The molecule has 2 bridgehead atoms. The van der Waals surface area contributed by atoms with E-state index in [-0.39, 0.29) is 31.1 Å². The van der Waals surface area contributed by atoms with Gasteiger partial charge in [0, 0.05) is 25.7 Å². The van der Waals surface area contributed by atoms with Gasteiger partial charge in [-0.15, -0.1) is 6.58 Å². The highest BCUT2D eigenvalue weighted by atomic mass is 16.6. The van der Waals surface area contributed by atoms with Crippen molar-refractivity contribution in [3.8, 4) is 0 Å². The molecule has 2 amide bonds. The summed E-state index contributed by atoms with van der Waals surface area (Å²) in [5, 5.41) is 9.20. The van der Waals surface area contributed by atoms with Gasteiger partial charge in [-0.1, -0.05) is 39.0 Å². The summed E-state index contributed by atoms with van der Waals surface area (Å²) < 4.78 is 12.2. The van der Waals surface area contributed by atoms with Crippen molar-refractivity contribution in [2.24, 2.45) is 11.8 Å². The number of likely N-dealkylation sites (tertiary alicyclic amines) is 1. The van der Waals surface area contributed by atoms with Crippen LogP contribution in [0.15, 0.2) is 25.3 Å². The molecule has 0 aromatic rings. The van der Waals surface area contributed by atoms with Crippen LogP contribution >= 0.6 is 0 Å². The molecule has 3 fully saturated rings. The van der Waals surface area contributed by atoms with Crippen molar-refractivity contribution in [3.05, 3.63) is 25.3 Å². The second-order valence-corrected chi connectivity index (χ2v) is 10.5. The smallest absolute Gasteiger partial charge is 0.313 e. The van der Waals surface area contributed by atoms with E-state index in [0.717, 1.165) is 19.3 Å². The molecule has 0 aromatic carbocycles. The lowest BCUT2D eigenvalue weighted by Gasteiger charge is -2.39. The normalized spacial score (nSPS) is 31.3. The molecule has 0 aromatic heterocycles. The van der Waals surface area contributed by atoms with Crippen LogP contribution in [0.4, 0.5) is 0 Å². The summed E-state index contributed by atoms with van der Waals surface area (Å²) in [6, 6.07) is -0.816. The average molecular weight is 505 g/mol. The van der Waals surface area contributed by atoms with E-state index in [2.05, 4.69) is 20.1 Å². The molecule has 8 nitrogen and oxygen atoms in total. The molecular weight excluding hydrogens is 460 g/mol. The minimum atomic E-state index is -1.05. The topological polar surface area (TPSA) is 96.4 Å². The third-order valence-electron chi connectivity index (χ3n) is 8.42. The molecule has 0 radical (unpaired) electrons. The number of esters is 1. The molecule has 1 N–H and O–H groups in total. The van der Waals surface area contributed by atoms with Crippen LogP contribution in [-0.2, 0) is 23.9 Å². The average Bonchev–Trinajstić information content (AvgIpc) is 3.47. The fourth-order valence-electron chi connectivity index (χ4n) is 6.75. The van der Waals surface area contributed by atoms with Crippen molar-refractivity contribution in [1.29, 1.82) is 0 Å². The SMILES string of the molecule is C=CCOC(=O)[C@@H]1[C@H]2C(=O)N(CCCCCO)C(C(=O)N(CC=C)C(C)CCC)C23CC[C@@]1(CC)O3. The van der Waals surface area contributed by atoms with E-state index in [1.165, 1.54) is 6.08 Å². The Kier molecular flexibility index (Phi) is 9.39. The second kappa shape index (κ2) is 11.9. The number of fused-ring (bicyclic) bond motifs is 1. The fourth-order valence-corrected chi connectivity index (χ4v) is 6.75. The quantitative estimate of drug-likeness (QED) is 0.209. The number of amides is 2. The Morgan fingerprint density at radius 3 is 2.61 bits per heavy atom. The number of unbranched alkanes of at least 4 members (excludes halogenated alkanes) is 2. The van der Waals surface area contributed by atoms with Crippen molar-refractivity contribution < 1.29 is 29.0 Å². The molecule has 36 heavy (non-hydrogen) atoms. The van der Waals surface area contributed by atoms with Crippen LogP contribution in [0.5, 0.6) is 0 Å². The van der Waals surface area contributed by atoms with Gasteiger partial charge in [-0.3, -0.25) is 14.4 Å². The van der Waals surface area contributed by atoms with Crippen LogP contribution in [-0.4, -0.2) is 82.3 Å². The van der Waals surface area contributed by atoms with Gasteiger partial charge in [-0.25, -0.2) is 0 Å². The van der Waals surface area contributed by atoms with Crippen molar-refractivity contribution in [3.63, 3.8) is 0 Å². The zero-order chi connectivity index (χ0) is 26.5. The minimum Gasteiger partial charge on any atom is -0.461 e. The molecule has 3 saturated heterocycles. The third-order valence-corrected chi connectivity index (χ3v) is 8.42. The predicted molar refractivity (Wildman–Crippen MR) is 137 cm³/mol. The molecule has 3 rings (SSSR count). The van der Waals surface area contributed by atoms with Crippen LogP contribution < -0.4 is 0 Å². The van der Waals surface area contributed by atoms with Crippen LogP contribution in [0.2, 0.25) is 0 Å². The number of carbonyl (C=O) groups excluding carboxylic acids is 3. The summed E-state index contributed by atoms with van der Waals surface area (Å²) >= 11 is 0. The Morgan fingerprint density at radius 1 is 1.25 bits per heavy atom. The molecule has 6 atom stereocenters. The molecule has 0 aliphatic carbocycles. The molecule has 3 unspecified atom stereocenters. The van der Waals surface area contributed by atoms with Gasteiger partial charge in [0.15, 0.2) is 0 Å². The Bertz CT molecular complexity index is 846. The number of carbonyl (C=O) groups is 3. The fraction of sp³-hybridized carbons (Fsp3) is 0.750. The lowest BCUT2D eigenvalue weighted by Crippen LogP contribution is -2.58. The third kappa shape index (κ3) is 4.74. The molecule has 202 valence electrons. The van der Waals surface area contributed by atoms with E-state index in [0.29, 0.717) is 45.2 Å². The molecule has 0 saturated carbocycles. The van der Waals surface area contributed by atoms with Crippen LogP contribution in [0.25, 0.3) is 0 Å². The number of hydrogen-bond donors (Lipinski definition) is 1. The minimum absolute atomic E-state index is 0.0191. The van der Waals surface area contributed by atoms with E-state index in [9.17, 15) is 19.5 Å². The number of ether oxygens (including phenoxy) is 2. The largest absolute Gasteiger partial charge is 0.461 e. The van der Waals surface area contributed by atoms with Gasteiger partial charge in [0.05, 0.1) is 11.5 Å². The van der Waals surface area contributed by atoms with Crippen molar-refractivity contribution in [1.82, 2.24) is 9.80 Å². The van der Waals surface area contributed by atoms with Gasteiger partial charge in [-0.05, 0) is 51.9 Å². The first-order valence-electron chi connectivity index (χ1n) is 13.6. The standard InChI is InChI=1S/C28H44N2O6/c1-6-13-20(5)29(16-7-2)25(33)23-28-15-14-27(9-4,36-28)22(26(34)35-19-8-3)21(28)24(32)30(23)17-11-10-12-18-31/h7-8,20-23,31H,2-3,6,9-19H2,1,4-5H3/t20?,21-,22-,23?,27+,28?/m0/s1. The van der Waals surface area contributed by atoms with Gasteiger partial charge in [0.2, 0.25) is 11.8 Å².